The Balaban J connectivity index is 1.99. The molecule has 0 spiro atoms. The summed E-state index contributed by atoms with van der Waals surface area (Å²) in [5.74, 6) is 2.03. The van der Waals surface area contributed by atoms with E-state index in [9.17, 15) is 0 Å². The van der Waals surface area contributed by atoms with Gasteiger partial charge in [-0.25, -0.2) is 4.99 Å². The van der Waals surface area contributed by atoms with Crippen LogP contribution >= 0.6 is 0 Å². The van der Waals surface area contributed by atoms with Gasteiger partial charge in [0.15, 0.2) is 5.96 Å². The van der Waals surface area contributed by atoms with Gasteiger partial charge in [-0.15, -0.1) is 0 Å². The van der Waals surface area contributed by atoms with E-state index >= 15 is 0 Å². The van der Waals surface area contributed by atoms with E-state index in [0.717, 1.165) is 30.5 Å². The van der Waals surface area contributed by atoms with Crippen LogP contribution in [0.5, 0.6) is 5.75 Å². The number of nitrogens with zero attached hydrogens (tertiary/aromatic N) is 3. The van der Waals surface area contributed by atoms with Gasteiger partial charge in [0.05, 0.1) is 19.3 Å². The number of ether oxygens (including phenoxy) is 1. The van der Waals surface area contributed by atoms with E-state index in [-0.39, 0.29) is 0 Å². The Bertz CT molecular complexity index is 665. The highest BCUT2D eigenvalue weighted by molar-refractivity contribution is 5.79. The van der Waals surface area contributed by atoms with E-state index in [1.807, 2.05) is 36.0 Å². The fraction of sp³-hybridized carbons (Fsp3) is 0.444. The molecule has 0 fully saturated rings. The number of aliphatic imine (C=N–C) groups is 1. The van der Waals surface area contributed by atoms with Gasteiger partial charge in [-0.1, -0.05) is 25.1 Å². The number of aryl methyl sites for hydroxylation is 1. The number of para-hydroxylation sites is 1. The first-order valence-electron chi connectivity index (χ1n) is 8.27. The third-order valence-electron chi connectivity index (χ3n) is 3.91. The first kappa shape index (κ1) is 17.8. The molecule has 0 amide bonds. The summed E-state index contributed by atoms with van der Waals surface area (Å²) in [6.07, 6.45) is 1.79. The average molecular weight is 329 g/mol. The maximum absolute atomic E-state index is 5.45. The number of guanidine groups is 1. The zero-order chi connectivity index (χ0) is 17.4. The quantitative estimate of drug-likeness (QED) is 0.604. The van der Waals surface area contributed by atoms with Crippen molar-refractivity contribution in [2.45, 2.75) is 26.3 Å². The van der Waals surface area contributed by atoms with Gasteiger partial charge in [-0.3, -0.25) is 4.68 Å². The van der Waals surface area contributed by atoms with Crippen LogP contribution in [0.2, 0.25) is 0 Å². The van der Waals surface area contributed by atoms with Crippen molar-refractivity contribution in [1.82, 2.24) is 20.4 Å². The zero-order valence-corrected chi connectivity index (χ0v) is 14.9. The Morgan fingerprint density at radius 2 is 2.08 bits per heavy atom. The SMILES string of the molecule is CCNC(=NCc1ccnn1C)NCC(C)c1ccccc1OC. The molecular formula is C18H27N5O. The average Bonchev–Trinajstić information content (AvgIpc) is 3.02. The zero-order valence-electron chi connectivity index (χ0n) is 14.9. The molecule has 1 atom stereocenters. The highest BCUT2D eigenvalue weighted by Gasteiger charge is 2.11. The van der Waals surface area contributed by atoms with Crippen LogP contribution in [0, 0.1) is 0 Å². The van der Waals surface area contributed by atoms with Gasteiger partial charge in [0.1, 0.15) is 5.75 Å². The van der Waals surface area contributed by atoms with E-state index in [4.69, 9.17) is 4.74 Å². The van der Waals surface area contributed by atoms with Gasteiger partial charge in [0.2, 0.25) is 0 Å². The van der Waals surface area contributed by atoms with Crippen LogP contribution in [0.1, 0.15) is 31.0 Å². The number of benzene rings is 1. The molecule has 6 heteroatoms. The van der Waals surface area contributed by atoms with Crippen molar-refractivity contribution in [2.75, 3.05) is 20.2 Å². The molecule has 24 heavy (non-hydrogen) atoms. The van der Waals surface area contributed by atoms with Crippen molar-refractivity contribution < 1.29 is 4.74 Å². The predicted molar refractivity (Wildman–Crippen MR) is 97.4 cm³/mol. The minimum Gasteiger partial charge on any atom is -0.496 e. The highest BCUT2D eigenvalue weighted by atomic mass is 16.5. The first-order chi connectivity index (χ1) is 11.7. The van der Waals surface area contributed by atoms with Crippen LogP contribution in [0.25, 0.3) is 0 Å². The van der Waals surface area contributed by atoms with Gasteiger partial charge < -0.3 is 15.4 Å². The number of nitrogens with one attached hydrogen (secondary N) is 2. The topological polar surface area (TPSA) is 63.5 Å². The lowest BCUT2D eigenvalue weighted by molar-refractivity contribution is 0.406. The molecule has 0 radical (unpaired) electrons. The summed E-state index contributed by atoms with van der Waals surface area (Å²) < 4.78 is 7.28. The summed E-state index contributed by atoms with van der Waals surface area (Å²) in [7, 11) is 3.63. The van der Waals surface area contributed by atoms with Crippen molar-refractivity contribution in [3.63, 3.8) is 0 Å². The van der Waals surface area contributed by atoms with Crippen LogP contribution in [-0.2, 0) is 13.6 Å². The van der Waals surface area contributed by atoms with Crippen molar-refractivity contribution in [3.8, 4) is 5.75 Å². The van der Waals surface area contributed by atoms with E-state index < -0.39 is 0 Å². The van der Waals surface area contributed by atoms with Crippen LogP contribution in [-0.4, -0.2) is 35.9 Å². The second kappa shape index (κ2) is 8.96. The van der Waals surface area contributed by atoms with Crippen LogP contribution in [0.15, 0.2) is 41.5 Å². The molecule has 1 aromatic heterocycles. The lowest BCUT2D eigenvalue weighted by Crippen LogP contribution is -2.39. The van der Waals surface area contributed by atoms with E-state index in [2.05, 4.69) is 40.6 Å². The Morgan fingerprint density at radius 1 is 1.29 bits per heavy atom. The summed E-state index contributed by atoms with van der Waals surface area (Å²) in [5.41, 5.74) is 2.26. The minimum absolute atomic E-state index is 0.307. The largest absolute Gasteiger partial charge is 0.496 e. The molecule has 0 aliphatic carbocycles. The third-order valence-corrected chi connectivity index (χ3v) is 3.91. The fourth-order valence-corrected chi connectivity index (χ4v) is 2.49. The summed E-state index contributed by atoms with van der Waals surface area (Å²) in [6.45, 7) is 6.42. The van der Waals surface area contributed by atoms with Gasteiger partial charge in [-0.2, -0.15) is 5.10 Å². The van der Waals surface area contributed by atoms with Gasteiger partial charge >= 0.3 is 0 Å². The molecule has 0 bridgehead atoms. The Hall–Kier alpha value is -2.50. The van der Waals surface area contributed by atoms with Crippen molar-refractivity contribution in [1.29, 1.82) is 0 Å². The number of hydrogen-bond acceptors (Lipinski definition) is 3. The lowest BCUT2D eigenvalue weighted by Gasteiger charge is -2.18. The van der Waals surface area contributed by atoms with Gasteiger partial charge in [0, 0.05) is 32.3 Å². The molecule has 0 aliphatic rings. The Morgan fingerprint density at radius 3 is 2.75 bits per heavy atom. The summed E-state index contributed by atoms with van der Waals surface area (Å²) in [6, 6.07) is 10.1. The maximum atomic E-state index is 5.45. The molecule has 130 valence electrons. The van der Waals surface area contributed by atoms with E-state index in [0.29, 0.717) is 12.5 Å². The molecule has 0 saturated carbocycles. The van der Waals surface area contributed by atoms with Crippen molar-refractivity contribution in [2.24, 2.45) is 12.0 Å². The molecule has 1 aromatic carbocycles. The molecule has 0 aliphatic heterocycles. The smallest absolute Gasteiger partial charge is 0.191 e. The molecule has 1 heterocycles. The number of aromatic nitrogens is 2. The summed E-state index contributed by atoms with van der Waals surface area (Å²) in [5, 5.41) is 10.8. The fourth-order valence-electron chi connectivity index (χ4n) is 2.49. The maximum Gasteiger partial charge on any atom is 0.191 e. The highest BCUT2D eigenvalue weighted by Crippen LogP contribution is 2.25. The molecule has 6 nitrogen and oxygen atoms in total. The molecule has 2 rings (SSSR count). The van der Waals surface area contributed by atoms with Crippen LogP contribution in [0.4, 0.5) is 0 Å². The number of methoxy groups -OCH3 is 1. The van der Waals surface area contributed by atoms with E-state index in [1.165, 1.54) is 5.56 Å². The Kier molecular flexibility index (Phi) is 6.66. The lowest BCUT2D eigenvalue weighted by atomic mass is 10.0. The molecule has 0 saturated heterocycles. The molecular weight excluding hydrogens is 302 g/mol. The minimum atomic E-state index is 0.307. The normalized spacial score (nSPS) is 12.8. The van der Waals surface area contributed by atoms with Crippen molar-refractivity contribution >= 4 is 5.96 Å². The Labute approximate surface area is 143 Å². The van der Waals surface area contributed by atoms with Gasteiger partial charge in [-0.05, 0) is 24.6 Å². The molecule has 2 N–H and O–H groups in total. The van der Waals surface area contributed by atoms with Crippen molar-refractivity contribution in [3.05, 3.63) is 47.8 Å². The molecule has 1 unspecified atom stereocenters. The summed E-state index contributed by atoms with van der Waals surface area (Å²) in [4.78, 5) is 4.63. The van der Waals surface area contributed by atoms with E-state index in [1.54, 1.807) is 13.3 Å². The monoisotopic (exact) mass is 329 g/mol. The molecule has 2 aromatic rings. The third kappa shape index (κ3) is 4.75. The second-order valence-corrected chi connectivity index (χ2v) is 5.67. The standard InChI is InChI=1S/C18H27N5O/c1-5-19-18(21-13-15-10-11-22-23(15)3)20-12-14(2)16-8-6-7-9-17(16)24-4/h6-11,14H,5,12-13H2,1-4H3,(H2,19,20,21). The number of hydrogen-bond donors (Lipinski definition) is 2. The van der Waals surface area contributed by atoms with Crippen LogP contribution < -0.4 is 15.4 Å². The van der Waals surface area contributed by atoms with Gasteiger partial charge in [0.25, 0.3) is 0 Å². The second-order valence-electron chi connectivity index (χ2n) is 5.67. The summed E-state index contributed by atoms with van der Waals surface area (Å²) >= 11 is 0. The first-order valence-corrected chi connectivity index (χ1v) is 8.27. The predicted octanol–water partition coefficient (Wildman–Crippen LogP) is 2.29. The van der Waals surface area contributed by atoms with Crippen LogP contribution in [0.3, 0.4) is 0 Å². The number of rotatable bonds is 7.